The van der Waals surface area contributed by atoms with E-state index in [9.17, 15) is 10.1 Å². The Bertz CT molecular complexity index is 818. The van der Waals surface area contributed by atoms with Gasteiger partial charge in [0, 0.05) is 17.6 Å². The average molecular weight is 335 g/mol. The number of hydrogen-bond acceptors (Lipinski definition) is 4. The zero-order chi connectivity index (χ0) is 18.2. The number of benzene rings is 2. The molecule has 0 aromatic heterocycles. The first-order chi connectivity index (χ1) is 12.0. The summed E-state index contributed by atoms with van der Waals surface area (Å²) >= 11 is 0. The number of hydrogen-bond donors (Lipinski definition) is 2. The van der Waals surface area contributed by atoms with Gasteiger partial charge in [-0.1, -0.05) is 12.1 Å². The van der Waals surface area contributed by atoms with E-state index in [4.69, 9.17) is 4.74 Å². The lowest BCUT2D eigenvalue weighted by atomic mass is 10.1. The second-order valence-electron chi connectivity index (χ2n) is 5.47. The highest BCUT2D eigenvalue weighted by atomic mass is 16.5. The third kappa shape index (κ3) is 4.85. The molecule has 2 aromatic carbocycles. The normalized spacial score (nSPS) is 10.7. The van der Waals surface area contributed by atoms with Crippen LogP contribution < -0.4 is 15.4 Å². The van der Waals surface area contributed by atoms with Gasteiger partial charge >= 0.3 is 0 Å². The molecule has 0 radical (unpaired) electrons. The molecular weight excluding hydrogens is 314 g/mol. The van der Waals surface area contributed by atoms with Gasteiger partial charge in [0.1, 0.15) is 17.4 Å². The summed E-state index contributed by atoms with van der Waals surface area (Å²) in [6.07, 6.45) is 1.40. The molecule has 2 N–H and O–H groups in total. The van der Waals surface area contributed by atoms with Crippen LogP contribution >= 0.6 is 0 Å². The largest absolute Gasteiger partial charge is 0.494 e. The third-order valence-electron chi connectivity index (χ3n) is 3.77. The molecule has 5 nitrogen and oxygen atoms in total. The first-order valence-corrected chi connectivity index (χ1v) is 8.02. The van der Waals surface area contributed by atoms with Crippen molar-refractivity contribution < 1.29 is 9.53 Å². The number of nitrogens with one attached hydrogen (secondary N) is 2. The van der Waals surface area contributed by atoms with Gasteiger partial charge in [-0.15, -0.1) is 0 Å². The molecule has 0 saturated carbocycles. The number of nitrogens with zero attached hydrogens (tertiary/aromatic N) is 1. The molecule has 0 aliphatic rings. The Morgan fingerprint density at radius 1 is 1.20 bits per heavy atom. The Morgan fingerprint density at radius 3 is 2.56 bits per heavy atom. The van der Waals surface area contributed by atoms with Gasteiger partial charge in [-0.2, -0.15) is 5.26 Å². The molecule has 128 valence electrons. The summed E-state index contributed by atoms with van der Waals surface area (Å²) < 4.78 is 5.37. The number of aryl methyl sites for hydroxylation is 1. The molecule has 0 aliphatic heterocycles. The highest BCUT2D eigenvalue weighted by Crippen LogP contribution is 2.19. The van der Waals surface area contributed by atoms with Gasteiger partial charge in [-0.3, -0.25) is 4.79 Å². The van der Waals surface area contributed by atoms with Crippen LogP contribution in [-0.4, -0.2) is 12.5 Å². The predicted molar refractivity (Wildman–Crippen MR) is 99.5 cm³/mol. The van der Waals surface area contributed by atoms with Crippen molar-refractivity contribution in [2.24, 2.45) is 0 Å². The van der Waals surface area contributed by atoms with Crippen LogP contribution in [0.3, 0.4) is 0 Å². The van der Waals surface area contributed by atoms with Crippen molar-refractivity contribution in [1.82, 2.24) is 0 Å². The van der Waals surface area contributed by atoms with E-state index in [-0.39, 0.29) is 5.57 Å². The highest BCUT2D eigenvalue weighted by molar-refractivity contribution is 6.07. The molecule has 2 rings (SSSR count). The molecule has 2 aromatic rings. The van der Waals surface area contributed by atoms with E-state index in [0.717, 1.165) is 22.6 Å². The Labute approximate surface area is 147 Å². The molecule has 25 heavy (non-hydrogen) atoms. The smallest absolute Gasteiger partial charge is 0.267 e. The lowest BCUT2D eigenvalue weighted by Gasteiger charge is -2.10. The lowest BCUT2D eigenvalue weighted by Crippen LogP contribution is -2.15. The number of amides is 1. The van der Waals surface area contributed by atoms with Crippen molar-refractivity contribution >= 4 is 17.3 Å². The zero-order valence-corrected chi connectivity index (χ0v) is 14.6. The SMILES string of the molecule is CCOc1ccc(N/C=C(/C#N)C(=O)Nc2cccc(C)c2C)cc1. The predicted octanol–water partition coefficient (Wildman–Crippen LogP) is 4.16. The molecule has 0 bridgehead atoms. The second-order valence-corrected chi connectivity index (χ2v) is 5.47. The zero-order valence-electron chi connectivity index (χ0n) is 14.6. The van der Waals surface area contributed by atoms with Crippen molar-refractivity contribution in [2.45, 2.75) is 20.8 Å². The monoisotopic (exact) mass is 335 g/mol. The summed E-state index contributed by atoms with van der Waals surface area (Å²) in [6, 6.07) is 14.9. The molecular formula is C20H21N3O2. The van der Waals surface area contributed by atoms with Crippen LogP contribution in [0.2, 0.25) is 0 Å². The Balaban J connectivity index is 2.07. The molecule has 0 aliphatic carbocycles. The molecule has 0 spiro atoms. The second kappa shape index (κ2) is 8.55. The van der Waals surface area contributed by atoms with E-state index >= 15 is 0 Å². The minimum atomic E-state index is -0.449. The fraction of sp³-hybridized carbons (Fsp3) is 0.200. The van der Waals surface area contributed by atoms with E-state index in [0.29, 0.717) is 12.3 Å². The molecule has 0 saturated heterocycles. The number of rotatable bonds is 6. The maximum atomic E-state index is 12.3. The van der Waals surface area contributed by atoms with Gasteiger partial charge in [0.15, 0.2) is 0 Å². The number of anilines is 2. The van der Waals surface area contributed by atoms with Gasteiger partial charge in [-0.25, -0.2) is 0 Å². The van der Waals surface area contributed by atoms with E-state index < -0.39 is 5.91 Å². The van der Waals surface area contributed by atoms with Crippen molar-refractivity contribution in [2.75, 3.05) is 17.2 Å². The standard InChI is InChI=1S/C20H21N3O2/c1-4-25-18-10-8-17(9-11-18)22-13-16(12-21)20(24)23-19-7-5-6-14(2)15(19)3/h5-11,13,22H,4H2,1-3H3,(H,23,24)/b16-13-. The fourth-order valence-corrected chi connectivity index (χ4v) is 2.19. The Morgan fingerprint density at radius 2 is 1.92 bits per heavy atom. The van der Waals surface area contributed by atoms with Crippen molar-refractivity contribution in [1.29, 1.82) is 5.26 Å². The molecule has 0 heterocycles. The summed E-state index contributed by atoms with van der Waals surface area (Å²) in [6.45, 7) is 6.42. The first-order valence-electron chi connectivity index (χ1n) is 8.02. The molecule has 0 atom stereocenters. The quantitative estimate of drug-likeness (QED) is 0.614. The van der Waals surface area contributed by atoms with Crippen LogP contribution in [0.4, 0.5) is 11.4 Å². The average Bonchev–Trinajstić information content (AvgIpc) is 2.61. The van der Waals surface area contributed by atoms with Crippen molar-refractivity contribution in [3.05, 3.63) is 65.4 Å². The number of carbonyl (C=O) groups is 1. The van der Waals surface area contributed by atoms with Gasteiger partial charge < -0.3 is 15.4 Å². The maximum Gasteiger partial charge on any atom is 0.267 e. The van der Waals surface area contributed by atoms with Gasteiger partial charge in [-0.05, 0) is 62.2 Å². The molecule has 0 unspecified atom stereocenters. The number of nitriles is 1. The molecule has 5 heteroatoms. The minimum absolute atomic E-state index is 0.00482. The Hall–Kier alpha value is -3.26. The van der Waals surface area contributed by atoms with E-state index in [1.807, 2.05) is 69.3 Å². The van der Waals surface area contributed by atoms with Crippen LogP contribution in [-0.2, 0) is 4.79 Å². The highest BCUT2D eigenvalue weighted by Gasteiger charge is 2.11. The Kier molecular flexibility index (Phi) is 6.19. The summed E-state index contributed by atoms with van der Waals surface area (Å²) in [5.74, 6) is 0.319. The topological polar surface area (TPSA) is 74.1 Å². The van der Waals surface area contributed by atoms with Crippen LogP contribution in [0.15, 0.2) is 54.2 Å². The number of ether oxygens (including phenoxy) is 1. The van der Waals surface area contributed by atoms with Crippen LogP contribution in [0.25, 0.3) is 0 Å². The maximum absolute atomic E-state index is 12.3. The van der Waals surface area contributed by atoms with Gasteiger partial charge in [0.2, 0.25) is 0 Å². The van der Waals surface area contributed by atoms with Crippen LogP contribution in [0, 0.1) is 25.2 Å². The lowest BCUT2D eigenvalue weighted by molar-refractivity contribution is -0.112. The van der Waals surface area contributed by atoms with E-state index in [1.165, 1.54) is 6.20 Å². The molecule has 0 fully saturated rings. The summed E-state index contributed by atoms with van der Waals surface area (Å²) in [5, 5.41) is 15.0. The summed E-state index contributed by atoms with van der Waals surface area (Å²) in [7, 11) is 0. The first kappa shape index (κ1) is 18.1. The van der Waals surface area contributed by atoms with Crippen molar-refractivity contribution in [3.63, 3.8) is 0 Å². The van der Waals surface area contributed by atoms with Crippen LogP contribution in [0.5, 0.6) is 5.75 Å². The van der Waals surface area contributed by atoms with Gasteiger partial charge in [0.05, 0.1) is 6.61 Å². The van der Waals surface area contributed by atoms with E-state index in [1.54, 1.807) is 0 Å². The van der Waals surface area contributed by atoms with Crippen LogP contribution in [0.1, 0.15) is 18.1 Å². The van der Waals surface area contributed by atoms with Gasteiger partial charge in [0.25, 0.3) is 5.91 Å². The minimum Gasteiger partial charge on any atom is -0.494 e. The third-order valence-corrected chi connectivity index (χ3v) is 3.77. The van der Waals surface area contributed by atoms with E-state index in [2.05, 4.69) is 10.6 Å². The fourth-order valence-electron chi connectivity index (χ4n) is 2.19. The molecule has 1 amide bonds. The number of carbonyl (C=O) groups excluding carboxylic acids is 1. The summed E-state index contributed by atoms with van der Waals surface area (Å²) in [5.41, 5.74) is 3.51. The summed E-state index contributed by atoms with van der Waals surface area (Å²) in [4.78, 5) is 12.3. The van der Waals surface area contributed by atoms with Crippen molar-refractivity contribution in [3.8, 4) is 11.8 Å².